The fourth-order valence-corrected chi connectivity index (χ4v) is 3.04. The predicted octanol–water partition coefficient (Wildman–Crippen LogP) is 2.27. The molecule has 5 nitrogen and oxygen atoms in total. The normalized spacial score (nSPS) is 19.9. The molecular weight excluding hydrogens is 252 g/mol. The Labute approximate surface area is 119 Å². The molecular formula is C15H22N4O. The summed E-state index contributed by atoms with van der Waals surface area (Å²) in [5.41, 5.74) is 1.64. The molecule has 0 bridgehead atoms. The van der Waals surface area contributed by atoms with E-state index in [0.717, 1.165) is 43.5 Å². The summed E-state index contributed by atoms with van der Waals surface area (Å²) >= 11 is 0. The van der Waals surface area contributed by atoms with Gasteiger partial charge in [0.05, 0.1) is 11.3 Å². The lowest BCUT2D eigenvalue weighted by Crippen LogP contribution is -2.35. The van der Waals surface area contributed by atoms with Gasteiger partial charge in [0.1, 0.15) is 5.82 Å². The van der Waals surface area contributed by atoms with Crippen LogP contribution in [0.3, 0.4) is 0 Å². The van der Waals surface area contributed by atoms with Gasteiger partial charge in [-0.2, -0.15) is 4.98 Å². The van der Waals surface area contributed by atoms with Gasteiger partial charge < -0.3 is 10.2 Å². The highest BCUT2D eigenvalue weighted by Crippen LogP contribution is 2.29. The number of hydrogen-bond donors (Lipinski definition) is 1. The number of hydrogen-bond acceptors (Lipinski definition) is 5. The second-order valence-corrected chi connectivity index (χ2v) is 5.89. The molecule has 0 aromatic carbocycles. The number of carbonyl (C=O) groups excluding carboxylic acids is 1. The first-order valence-electron chi connectivity index (χ1n) is 7.56. The van der Waals surface area contributed by atoms with Crippen LogP contribution in [-0.4, -0.2) is 35.9 Å². The van der Waals surface area contributed by atoms with Crippen LogP contribution in [0.4, 0.5) is 11.8 Å². The average molecular weight is 274 g/mol. The molecule has 2 heterocycles. The molecule has 0 unspecified atom stereocenters. The zero-order valence-electron chi connectivity index (χ0n) is 12.3. The van der Waals surface area contributed by atoms with Crippen LogP contribution in [0.2, 0.25) is 0 Å². The molecule has 1 aromatic rings. The van der Waals surface area contributed by atoms with Crippen LogP contribution in [0.1, 0.15) is 48.7 Å². The molecule has 1 aliphatic heterocycles. The fraction of sp³-hybridized carbons (Fsp3) is 0.667. The highest BCUT2D eigenvalue weighted by atomic mass is 16.1. The number of ketones is 1. The number of aromatic nitrogens is 2. The smallest absolute Gasteiger partial charge is 0.227 e. The molecule has 1 aromatic heterocycles. The van der Waals surface area contributed by atoms with Gasteiger partial charge in [0.2, 0.25) is 5.95 Å². The Morgan fingerprint density at radius 3 is 2.65 bits per heavy atom. The van der Waals surface area contributed by atoms with E-state index in [9.17, 15) is 4.79 Å². The van der Waals surface area contributed by atoms with Gasteiger partial charge in [0, 0.05) is 26.6 Å². The summed E-state index contributed by atoms with van der Waals surface area (Å²) in [7, 11) is 1.83. The highest BCUT2D eigenvalue weighted by molar-refractivity contribution is 6.02. The summed E-state index contributed by atoms with van der Waals surface area (Å²) < 4.78 is 0. The summed E-state index contributed by atoms with van der Waals surface area (Å²) in [6, 6.07) is 0. The van der Waals surface area contributed by atoms with E-state index >= 15 is 0 Å². The lowest BCUT2D eigenvalue weighted by Gasteiger charge is -2.31. The number of Topliss-reactive ketones (excluding diaryl/α,β-unsaturated/α-hetero) is 1. The number of anilines is 2. The summed E-state index contributed by atoms with van der Waals surface area (Å²) in [6.07, 6.45) is 4.78. The predicted molar refractivity (Wildman–Crippen MR) is 79.5 cm³/mol. The Morgan fingerprint density at radius 2 is 1.95 bits per heavy atom. The molecule has 3 rings (SSSR count). The number of aryl methyl sites for hydroxylation is 1. The van der Waals surface area contributed by atoms with Crippen LogP contribution in [0.15, 0.2) is 0 Å². The Hall–Kier alpha value is -1.65. The van der Waals surface area contributed by atoms with E-state index < -0.39 is 0 Å². The van der Waals surface area contributed by atoms with Crippen molar-refractivity contribution in [1.29, 1.82) is 0 Å². The van der Waals surface area contributed by atoms with E-state index in [1.54, 1.807) is 0 Å². The summed E-state index contributed by atoms with van der Waals surface area (Å²) in [5.74, 6) is 2.45. The molecule has 1 fully saturated rings. The molecule has 2 aliphatic rings. The number of nitrogens with one attached hydrogen (secondary N) is 1. The van der Waals surface area contributed by atoms with Crippen LogP contribution in [0, 0.1) is 5.92 Å². The van der Waals surface area contributed by atoms with Gasteiger partial charge in [-0.15, -0.1) is 0 Å². The van der Waals surface area contributed by atoms with E-state index in [2.05, 4.69) is 27.1 Å². The van der Waals surface area contributed by atoms with Gasteiger partial charge >= 0.3 is 0 Å². The molecule has 0 spiro atoms. The van der Waals surface area contributed by atoms with Crippen LogP contribution < -0.4 is 10.2 Å². The van der Waals surface area contributed by atoms with E-state index in [0.29, 0.717) is 17.8 Å². The number of rotatable bonds is 2. The van der Waals surface area contributed by atoms with E-state index in [1.807, 2.05) is 7.05 Å². The van der Waals surface area contributed by atoms with Gasteiger partial charge in [0.25, 0.3) is 0 Å². The monoisotopic (exact) mass is 274 g/mol. The number of nitrogens with zero attached hydrogens (tertiary/aromatic N) is 3. The van der Waals surface area contributed by atoms with Crippen LogP contribution in [-0.2, 0) is 6.42 Å². The van der Waals surface area contributed by atoms with Crippen molar-refractivity contribution in [2.24, 2.45) is 5.92 Å². The van der Waals surface area contributed by atoms with Crippen molar-refractivity contribution in [3.63, 3.8) is 0 Å². The Bertz CT molecular complexity index is 504. The van der Waals surface area contributed by atoms with Gasteiger partial charge in [-0.1, -0.05) is 6.92 Å². The molecule has 108 valence electrons. The molecule has 1 aliphatic carbocycles. The molecule has 0 radical (unpaired) electrons. The Morgan fingerprint density at radius 1 is 1.20 bits per heavy atom. The van der Waals surface area contributed by atoms with Gasteiger partial charge in [-0.05, 0) is 31.6 Å². The van der Waals surface area contributed by atoms with Crippen molar-refractivity contribution in [1.82, 2.24) is 9.97 Å². The third kappa shape index (κ3) is 2.37. The topological polar surface area (TPSA) is 58.1 Å². The van der Waals surface area contributed by atoms with Crippen LogP contribution >= 0.6 is 0 Å². The van der Waals surface area contributed by atoms with Crippen molar-refractivity contribution in [2.45, 2.75) is 39.0 Å². The molecule has 1 N–H and O–H groups in total. The summed E-state index contributed by atoms with van der Waals surface area (Å²) in [5, 5.41) is 3.08. The third-order valence-electron chi connectivity index (χ3n) is 4.37. The maximum Gasteiger partial charge on any atom is 0.227 e. The lowest BCUT2D eigenvalue weighted by atomic mass is 9.95. The van der Waals surface area contributed by atoms with Crippen molar-refractivity contribution < 1.29 is 4.79 Å². The van der Waals surface area contributed by atoms with Crippen molar-refractivity contribution >= 4 is 17.5 Å². The highest BCUT2D eigenvalue weighted by Gasteiger charge is 2.26. The van der Waals surface area contributed by atoms with Crippen LogP contribution in [0.25, 0.3) is 0 Å². The minimum Gasteiger partial charge on any atom is -0.372 e. The molecule has 1 saturated heterocycles. The third-order valence-corrected chi connectivity index (χ3v) is 4.37. The first-order chi connectivity index (χ1) is 9.69. The summed E-state index contributed by atoms with van der Waals surface area (Å²) in [4.78, 5) is 23.6. The Kier molecular flexibility index (Phi) is 3.59. The number of carbonyl (C=O) groups is 1. The zero-order valence-corrected chi connectivity index (χ0v) is 12.3. The lowest BCUT2D eigenvalue weighted by molar-refractivity contribution is 0.0972. The standard InChI is InChI=1S/C15H22N4O/c1-10-6-8-19(9-7-10)15-17-11-4-3-5-12(20)13(11)14(16-2)18-15/h10H,3-9H2,1-2H3,(H,16,17,18). The molecule has 0 amide bonds. The molecule has 5 heteroatoms. The molecule has 0 saturated carbocycles. The maximum absolute atomic E-state index is 12.1. The average Bonchev–Trinajstić information content (AvgIpc) is 2.47. The second kappa shape index (κ2) is 5.38. The second-order valence-electron chi connectivity index (χ2n) is 5.89. The number of piperidine rings is 1. The van der Waals surface area contributed by atoms with Gasteiger partial charge in [-0.3, -0.25) is 4.79 Å². The first-order valence-corrected chi connectivity index (χ1v) is 7.56. The van der Waals surface area contributed by atoms with Crippen LogP contribution in [0.5, 0.6) is 0 Å². The molecule has 20 heavy (non-hydrogen) atoms. The van der Waals surface area contributed by atoms with Crippen molar-refractivity contribution in [3.8, 4) is 0 Å². The van der Waals surface area contributed by atoms with Crippen molar-refractivity contribution in [2.75, 3.05) is 30.4 Å². The quantitative estimate of drug-likeness (QED) is 0.896. The SMILES string of the molecule is CNc1nc(N2CCC(C)CC2)nc2c1C(=O)CCC2. The first kappa shape index (κ1) is 13.3. The fourth-order valence-electron chi connectivity index (χ4n) is 3.04. The minimum absolute atomic E-state index is 0.175. The van der Waals surface area contributed by atoms with E-state index in [4.69, 9.17) is 0 Å². The largest absolute Gasteiger partial charge is 0.372 e. The minimum atomic E-state index is 0.175. The van der Waals surface area contributed by atoms with Gasteiger partial charge in [-0.25, -0.2) is 4.98 Å². The Balaban J connectivity index is 1.95. The van der Waals surface area contributed by atoms with Crippen molar-refractivity contribution in [3.05, 3.63) is 11.3 Å². The maximum atomic E-state index is 12.1. The number of fused-ring (bicyclic) bond motifs is 1. The summed E-state index contributed by atoms with van der Waals surface area (Å²) in [6.45, 7) is 4.32. The zero-order chi connectivity index (χ0) is 14.1. The van der Waals surface area contributed by atoms with Gasteiger partial charge in [0.15, 0.2) is 5.78 Å². The van der Waals surface area contributed by atoms with E-state index in [1.165, 1.54) is 12.8 Å². The molecule has 0 atom stereocenters. The van der Waals surface area contributed by atoms with E-state index in [-0.39, 0.29) is 5.78 Å².